The fraction of sp³-hybridized carbons (Fsp3) is 0.409. The molecule has 0 saturated carbocycles. The Morgan fingerprint density at radius 2 is 1.67 bits per heavy atom. The van der Waals surface area contributed by atoms with Crippen LogP contribution in [0.15, 0.2) is 30.9 Å². The van der Waals surface area contributed by atoms with Crippen molar-refractivity contribution in [3.63, 3.8) is 0 Å². The van der Waals surface area contributed by atoms with Gasteiger partial charge in [-0.3, -0.25) is 4.68 Å². The molecule has 1 saturated heterocycles. The highest BCUT2D eigenvalue weighted by Gasteiger charge is 2.21. The molecular formula is C22H26F2N6O3. The monoisotopic (exact) mass is 460 g/mol. The summed E-state index contributed by atoms with van der Waals surface area (Å²) in [5, 5.41) is 7.55. The van der Waals surface area contributed by atoms with Crippen molar-refractivity contribution >= 4 is 11.6 Å². The zero-order valence-electron chi connectivity index (χ0n) is 18.7. The molecule has 0 aliphatic carbocycles. The molecule has 3 aromatic rings. The Labute approximate surface area is 190 Å². The van der Waals surface area contributed by atoms with Crippen molar-refractivity contribution in [1.29, 1.82) is 0 Å². The van der Waals surface area contributed by atoms with Gasteiger partial charge in [-0.15, -0.1) is 0 Å². The van der Waals surface area contributed by atoms with Gasteiger partial charge in [-0.25, -0.2) is 18.7 Å². The number of ether oxygens (including phenoxy) is 3. The van der Waals surface area contributed by atoms with Crippen molar-refractivity contribution in [2.45, 2.75) is 25.5 Å². The topological polar surface area (TPSA) is 86.6 Å². The molecule has 1 aliphatic rings. The van der Waals surface area contributed by atoms with Crippen LogP contribution in [0, 0.1) is 11.6 Å². The van der Waals surface area contributed by atoms with Crippen molar-refractivity contribution in [2.75, 3.05) is 39.7 Å². The zero-order chi connectivity index (χ0) is 23.4. The van der Waals surface area contributed by atoms with Gasteiger partial charge in [0.05, 0.1) is 50.1 Å². The van der Waals surface area contributed by atoms with Gasteiger partial charge < -0.3 is 24.4 Å². The highest BCUT2D eigenvalue weighted by Crippen LogP contribution is 2.32. The molecule has 1 aromatic carbocycles. The largest absolute Gasteiger partial charge is 0.494 e. The molecule has 11 heteroatoms. The number of anilines is 2. The molecule has 0 radical (unpaired) electrons. The molecule has 176 valence electrons. The van der Waals surface area contributed by atoms with E-state index in [9.17, 15) is 8.78 Å². The summed E-state index contributed by atoms with van der Waals surface area (Å²) in [6.45, 7) is 1.72. The Hall–Kier alpha value is -3.47. The molecule has 33 heavy (non-hydrogen) atoms. The lowest BCUT2D eigenvalue weighted by Crippen LogP contribution is -2.31. The van der Waals surface area contributed by atoms with E-state index >= 15 is 0 Å². The minimum atomic E-state index is -0.850. The first-order valence-corrected chi connectivity index (χ1v) is 10.5. The Bertz CT molecular complexity index is 1060. The van der Waals surface area contributed by atoms with Crippen LogP contribution in [0.25, 0.3) is 0 Å². The first-order valence-electron chi connectivity index (χ1n) is 10.5. The van der Waals surface area contributed by atoms with Crippen molar-refractivity contribution in [2.24, 2.45) is 0 Å². The summed E-state index contributed by atoms with van der Waals surface area (Å²) in [4.78, 5) is 10.7. The number of nitrogens with one attached hydrogen (secondary N) is 1. The third-order valence-electron chi connectivity index (χ3n) is 5.60. The van der Waals surface area contributed by atoms with Crippen LogP contribution in [0.5, 0.6) is 17.2 Å². The first kappa shape index (κ1) is 22.7. The lowest BCUT2D eigenvalue weighted by atomic mass is 10.1. The molecule has 0 amide bonds. The van der Waals surface area contributed by atoms with Crippen LogP contribution in [0.2, 0.25) is 0 Å². The highest BCUT2D eigenvalue weighted by atomic mass is 19.1. The van der Waals surface area contributed by atoms with Crippen LogP contribution in [0.3, 0.4) is 0 Å². The number of nitrogens with zero attached hydrogens (tertiary/aromatic N) is 5. The summed E-state index contributed by atoms with van der Waals surface area (Å²) >= 11 is 0. The molecule has 0 unspecified atom stereocenters. The summed E-state index contributed by atoms with van der Waals surface area (Å²) in [7, 11) is 4.70. The summed E-state index contributed by atoms with van der Waals surface area (Å²) < 4.78 is 46.2. The number of hydrogen-bond acceptors (Lipinski definition) is 8. The number of likely N-dealkylation sites (tertiary alicyclic amines) is 1. The number of aromatic nitrogens is 4. The smallest absolute Gasteiger partial charge is 0.227 e. The van der Waals surface area contributed by atoms with E-state index in [1.165, 1.54) is 26.6 Å². The second-order valence-corrected chi connectivity index (χ2v) is 7.79. The average Bonchev–Trinajstić information content (AvgIpc) is 3.29. The van der Waals surface area contributed by atoms with E-state index in [1.807, 2.05) is 10.9 Å². The van der Waals surface area contributed by atoms with Gasteiger partial charge in [0.2, 0.25) is 5.95 Å². The predicted octanol–water partition coefficient (Wildman–Crippen LogP) is 3.56. The van der Waals surface area contributed by atoms with Crippen molar-refractivity contribution < 1.29 is 23.0 Å². The third kappa shape index (κ3) is 5.14. The van der Waals surface area contributed by atoms with Crippen molar-refractivity contribution in [3.8, 4) is 17.2 Å². The predicted molar refractivity (Wildman–Crippen MR) is 117 cm³/mol. The summed E-state index contributed by atoms with van der Waals surface area (Å²) in [6, 6.07) is 1.52. The highest BCUT2D eigenvalue weighted by molar-refractivity contribution is 5.50. The van der Waals surface area contributed by atoms with E-state index in [0.29, 0.717) is 12.0 Å². The molecular weight excluding hydrogens is 434 g/mol. The molecule has 2 aromatic heterocycles. The number of methoxy groups -OCH3 is 2. The third-order valence-corrected chi connectivity index (χ3v) is 5.60. The van der Waals surface area contributed by atoms with E-state index in [-0.39, 0.29) is 29.4 Å². The Morgan fingerprint density at radius 1 is 1.03 bits per heavy atom. The molecule has 1 fully saturated rings. The van der Waals surface area contributed by atoms with Crippen LogP contribution < -0.4 is 19.5 Å². The zero-order valence-corrected chi connectivity index (χ0v) is 18.7. The second-order valence-electron chi connectivity index (χ2n) is 7.79. The van der Waals surface area contributed by atoms with Gasteiger partial charge in [0.25, 0.3) is 0 Å². The van der Waals surface area contributed by atoms with Crippen LogP contribution in [-0.4, -0.2) is 59.0 Å². The van der Waals surface area contributed by atoms with Crippen LogP contribution in [-0.2, 0) is 6.61 Å². The molecule has 0 atom stereocenters. The molecule has 1 aliphatic heterocycles. The van der Waals surface area contributed by atoms with Crippen molar-refractivity contribution in [1.82, 2.24) is 24.6 Å². The van der Waals surface area contributed by atoms with Crippen LogP contribution in [0.4, 0.5) is 20.4 Å². The Kier molecular flexibility index (Phi) is 6.87. The molecule has 1 N–H and O–H groups in total. The number of benzene rings is 1. The number of halogens is 2. The molecule has 9 nitrogen and oxygen atoms in total. The summed E-state index contributed by atoms with van der Waals surface area (Å²) in [6.07, 6.45) is 8.62. The van der Waals surface area contributed by atoms with E-state index in [2.05, 4.69) is 32.3 Å². The van der Waals surface area contributed by atoms with E-state index in [1.54, 1.807) is 6.20 Å². The summed E-state index contributed by atoms with van der Waals surface area (Å²) in [5.74, 6) is -1.37. The SMILES string of the molecule is COc1cc(OC)c(F)c(COc2cnc(Nc3cnn(C4CCN(C)CC4)c3)nc2)c1F. The van der Waals surface area contributed by atoms with Gasteiger partial charge in [0.1, 0.15) is 6.61 Å². The van der Waals surface area contributed by atoms with Gasteiger partial charge in [0, 0.05) is 12.3 Å². The Morgan fingerprint density at radius 3 is 2.27 bits per heavy atom. The fourth-order valence-electron chi connectivity index (χ4n) is 3.67. The van der Waals surface area contributed by atoms with E-state index < -0.39 is 11.6 Å². The molecule has 3 heterocycles. The number of rotatable bonds is 8. The van der Waals surface area contributed by atoms with Crippen LogP contribution >= 0.6 is 0 Å². The average molecular weight is 460 g/mol. The van der Waals surface area contributed by atoms with Gasteiger partial charge in [0.15, 0.2) is 28.9 Å². The molecule has 0 bridgehead atoms. The lowest BCUT2D eigenvalue weighted by molar-refractivity contribution is 0.212. The standard InChI is InChI=1S/C22H26F2N6O3/c1-29-6-4-15(5-7-29)30-12-14(9-27-30)28-22-25-10-16(11-26-22)33-13-17-20(23)18(31-2)8-19(32-3)21(17)24/h8-12,15H,4-7,13H2,1-3H3,(H,25,26,28). The van der Waals surface area contributed by atoms with E-state index in [4.69, 9.17) is 14.2 Å². The number of hydrogen-bond donors (Lipinski definition) is 1. The molecule has 4 rings (SSSR count). The fourth-order valence-corrected chi connectivity index (χ4v) is 3.67. The minimum Gasteiger partial charge on any atom is -0.494 e. The lowest BCUT2D eigenvalue weighted by Gasteiger charge is -2.28. The molecule has 0 spiro atoms. The maximum absolute atomic E-state index is 14.5. The number of piperidine rings is 1. The first-order chi connectivity index (χ1) is 16.0. The van der Waals surface area contributed by atoms with Gasteiger partial charge in [-0.2, -0.15) is 5.10 Å². The minimum absolute atomic E-state index is 0.136. The van der Waals surface area contributed by atoms with Crippen molar-refractivity contribution in [3.05, 3.63) is 48.1 Å². The van der Waals surface area contributed by atoms with Gasteiger partial charge in [-0.05, 0) is 33.0 Å². The summed E-state index contributed by atoms with van der Waals surface area (Å²) in [5.41, 5.74) is 0.463. The maximum atomic E-state index is 14.5. The second kappa shape index (κ2) is 9.99. The van der Waals surface area contributed by atoms with Crippen LogP contribution in [0.1, 0.15) is 24.4 Å². The quantitative estimate of drug-likeness (QED) is 0.546. The van der Waals surface area contributed by atoms with Gasteiger partial charge in [-0.1, -0.05) is 0 Å². The van der Waals surface area contributed by atoms with E-state index in [0.717, 1.165) is 37.7 Å². The maximum Gasteiger partial charge on any atom is 0.227 e. The normalized spacial score (nSPS) is 14.8. The Balaban J connectivity index is 1.38. The van der Waals surface area contributed by atoms with Gasteiger partial charge >= 0.3 is 0 Å².